The van der Waals surface area contributed by atoms with Crippen LogP contribution in [0.2, 0.25) is 0 Å². The summed E-state index contributed by atoms with van der Waals surface area (Å²) < 4.78 is 22.2. The molecule has 0 aliphatic carbocycles. The molecule has 0 unspecified atom stereocenters. The van der Waals surface area contributed by atoms with Crippen LogP contribution in [0, 0.1) is 0 Å². The summed E-state index contributed by atoms with van der Waals surface area (Å²) in [5.74, 6) is 0. The lowest BCUT2D eigenvalue weighted by molar-refractivity contribution is 0.240. The number of nitrogens with one attached hydrogen (secondary N) is 2. The minimum absolute atomic E-state index is 0.260. The predicted octanol–water partition coefficient (Wildman–Crippen LogP) is -1.18. The van der Waals surface area contributed by atoms with Gasteiger partial charge in [-0.15, -0.1) is 0 Å². The average molecular weight is 140 g/mol. The molecular formula is C2H8N2O3S. The van der Waals surface area contributed by atoms with Crippen LogP contribution in [0.4, 0.5) is 0 Å². The van der Waals surface area contributed by atoms with Gasteiger partial charge in [0.25, 0.3) is 10.2 Å². The van der Waals surface area contributed by atoms with Crippen LogP contribution in [0.1, 0.15) is 6.92 Å². The Morgan fingerprint density at radius 3 is 2.25 bits per heavy atom. The Bertz CT molecular complexity index is 139. The molecule has 0 aromatic heterocycles. The van der Waals surface area contributed by atoms with Crippen molar-refractivity contribution in [1.82, 2.24) is 9.61 Å². The van der Waals surface area contributed by atoms with Gasteiger partial charge >= 0.3 is 0 Å². The normalized spacial score (nSPS) is 11.8. The van der Waals surface area contributed by atoms with E-state index in [1.807, 2.05) is 4.72 Å². The van der Waals surface area contributed by atoms with Gasteiger partial charge in [0, 0.05) is 6.54 Å². The second-order valence-electron chi connectivity index (χ2n) is 1.09. The van der Waals surface area contributed by atoms with E-state index in [4.69, 9.17) is 5.21 Å². The van der Waals surface area contributed by atoms with E-state index in [0.29, 0.717) is 0 Å². The molecule has 0 atom stereocenters. The molecule has 0 rings (SSSR count). The highest BCUT2D eigenvalue weighted by Crippen LogP contribution is 1.67. The van der Waals surface area contributed by atoms with Gasteiger partial charge in [-0.25, -0.2) is 4.72 Å². The first-order valence-electron chi connectivity index (χ1n) is 2.03. The lowest BCUT2D eigenvalue weighted by Gasteiger charge is -1.97. The second kappa shape index (κ2) is 2.98. The fourth-order valence-electron chi connectivity index (χ4n) is 0.222. The third kappa shape index (κ3) is 2.92. The van der Waals surface area contributed by atoms with E-state index in [1.54, 1.807) is 6.92 Å². The Hall–Kier alpha value is -0.170. The Morgan fingerprint density at radius 2 is 2.12 bits per heavy atom. The van der Waals surface area contributed by atoms with Gasteiger partial charge in [0.2, 0.25) is 0 Å². The van der Waals surface area contributed by atoms with Gasteiger partial charge in [0.15, 0.2) is 0 Å². The van der Waals surface area contributed by atoms with Crippen molar-refractivity contribution in [3.8, 4) is 0 Å². The van der Waals surface area contributed by atoms with Crippen molar-refractivity contribution in [1.29, 1.82) is 0 Å². The molecule has 8 heavy (non-hydrogen) atoms. The zero-order chi connectivity index (χ0) is 6.62. The zero-order valence-electron chi connectivity index (χ0n) is 4.38. The molecule has 0 aliphatic heterocycles. The monoisotopic (exact) mass is 140 g/mol. The average Bonchev–Trinajstić information content (AvgIpc) is 1.67. The summed E-state index contributed by atoms with van der Waals surface area (Å²) in [6.45, 7) is 1.87. The zero-order valence-corrected chi connectivity index (χ0v) is 5.20. The predicted molar refractivity (Wildman–Crippen MR) is 27.5 cm³/mol. The van der Waals surface area contributed by atoms with Crippen LogP contribution in [-0.2, 0) is 10.2 Å². The second-order valence-corrected chi connectivity index (χ2v) is 2.57. The Balaban J connectivity index is 3.76. The Kier molecular flexibility index (Phi) is 2.91. The Labute approximate surface area is 47.8 Å². The maximum absolute atomic E-state index is 10.1. The van der Waals surface area contributed by atoms with E-state index in [2.05, 4.69) is 0 Å². The van der Waals surface area contributed by atoms with Gasteiger partial charge in [-0.05, 0) is 0 Å². The number of rotatable bonds is 3. The van der Waals surface area contributed by atoms with Gasteiger partial charge in [0.1, 0.15) is 0 Å². The molecule has 0 fully saturated rings. The number of hydrogen-bond acceptors (Lipinski definition) is 3. The van der Waals surface area contributed by atoms with Crippen molar-refractivity contribution in [3.63, 3.8) is 0 Å². The molecular weight excluding hydrogens is 132 g/mol. The Morgan fingerprint density at radius 1 is 1.62 bits per heavy atom. The minimum atomic E-state index is -3.61. The highest BCUT2D eigenvalue weighted by molar-refractivity contribution is 7.87. The summed E-state index contributed by atoms with van der Waals surface area (Å²) in [4.78, 5) is 1.10. The molecule has 6 heteroatoms. The maximum atomic E-state index is 10.1. The van der Waals surface area contributed by atoms with E-state index in [1.165, 1.54) is 0 Å². The van der Waals surface area contributed by atoms with Crippen LogP contribution in [0.15, 0.2) is 0 Å². The molecule has 0 saturated heterocycles. The summed E-state index contributed by atoms with van der Waals surface area (Å²) in [7, 11) is -3.61. The molecule has 0 aliphatic rings. The SMILES string of the molecule is CCNS(=O)(=O)NO. The van der Waals surface area contributed by atoms with Crippen LogP contribution in [0.25, 0.3) is 0 Å². The fourth-order valence-corrected chi connectivity index (χ4v) is 0.667. The molecule has 50 valence electrons. The first kappa shape index (κ1) is 7.83. The topological polar surface area (TPSA) is 78.4 Å². The highest BCUT2D eigenvalue weighted by atomic mass is 32.2. The maximum Gasteiger partial charge on any atom is 0.298 e. The first-order chi connectivity index (χ1) is 3.62. The highest BCUT2D eigenvalue weighted by Gasteiger charge is 2.01. The number of hydrogen-bond donors (Lipinski definition) is 3. The third-order valence-electron chi connectivity index (χ3n) is 0.455. The largest absolute Gasteiger partial charge is 0.301 e. The van der Waals surface area contributed by atoms with Crippen LogP contribution < -0.4 is 9.61 Å². The summed E-state index contributed by atoms with van der Waals surface area (Å²) in [5, 5.41) is 7.82. The smallest absolute Gasteiger partial charge is 0.298 e. The molecule has 0 aromatic rings. The summed E-state index contributed by atoms with van der Waals surface area (Å²) >= 11 is 0. The van der Waals surface area contributed by atoms with Crippen LogP contribution in [0.5, 0.6) is 0 Å². The minimum Gasteiger partial charge on any atom is -0.301 e. The molecule has 0 amide bonds. The van der Waals surface area contributed by atoms with Crippen molar-refractivity contribution in [3.05, 3.63) is 0 Å². The lowest BCUT2D eigenvalue weighted by atomic mass is 10.8. The molecule has 0 bridgehead atoms. The summed E-state index contributed by atoms with van der Waals surface area (Å²) in [5.41, 5.74) is 0. The van der Waals surface area contributed by atoms with Crippen LogP contribution >= 0.6 is 0 Å². The standard InChI is InChI=1S/C2H8N2O3S/c1-2-3-8(6,7)4-5/h3-5H,2H2,1H3. The van der Waals surface area contributed by atoms with Crippen molar-refractivity contribution in [2.75, 3.05) is 6.54 Å². The molecule has 0 radical (unpaired) electrons. The molecule has 3 N–H and O–H groups in total. The molecule has 5 nitrogen and oxygen atoms in total. The van der Waals surface area contributed by atoms with Crippen LogP contribution in [0.3, 0.4) is 0 Å². The van der Waals surface area contributed by atoms with Gasteiger partial charge in [-0.3, -0.25) is 0 Å². The van der Waals surface area contributed by atoms with Crippen molar-refractivity contribution >= 4 is 10.2 Å². The molecule has 0 heterocycles. The van der Waals surface area contributed by atoms with E-state index in [0.717, 1.165) is 4.89 Å². The first-order valence-corrected chi connectivity index (χ1v) is 3.51. The van der Waals surface area contributed by atoms with E-state index in [9.17, 15) is 8.42 Å². The third-order valence-corrected chi connectivity index (χ3v) is 1.36. The van der Waals surface area contributed by atoms with Gasteiger partial charge in [-0.2, -0.15) is 8.42 Å². The van der Waals surface area contributed by atoms with Gasteiger partial charge in [-0.1, -0.05) is 11.8 Å². The van der Waals surface area contributed by atoms with Crippen LogP contribution in [-0.4, -0.2) is 20.2 Å². The van der Waals surface area contributed by atoms with Gasteiger partial charge in [0.05, 0.1) is 0 Å². The lowest BCUT2D eigenvalue weighted by Crippen LogP contribution is -2.33. The van der Waals surface area contributed by atoms with Crippen molar-refractivity contribution < 1.29 is 13.6 Å². The summed E-state index contributed by atoms with van der Waals surface area (Å²) in [6, 6.07) is 0. The molecule has 0 saturated carbocycles. The quantitative estimate of drug-likeness (QED) is 0.432. The fraction of sp³-hybridized carbons (Fsp3) is 1.00. The van der Waals surface area contributed by atoms with Crippen molar-refractivity contribution in [2.45, 2.75) is 6.92 Å². The van der Waals surface area contributed by atoms with Gasteiger partial charge < -0.3 is 5.21 Å². The van der Waals surface area contributed by atoms with E-state index < -0.39 is 10.2 Å². The van der Waals surface area contributed by atoms with E-state index in [-0.39, 0.29) is 6.54 Å². The molecule has 0 spiro atoms. The molecule has 0 aromatic carbocycles. The summed E-state index contributed by atoms with van der Waals surface area (Å²) in [6.07, 6.45) is 0. The van der Waals surface area contributed by atoms with E-state index >= 15 is 0 Å². The van der Waals surface area contributed by atoms with Crippen molar-refractivity contribution in [2.24, 2.45) is 0 Å².